The Kier molecular flexibility index (Phi) is 1.70. The van der Waals surface area contributed by atoms with Gasteiger partial charge in [0, 0.05) is 12.4 Å². The summed E-state index contributed by atoms with van der Waals surface area (Å²) in [5.74, 6) is 0. The van der Waals surface area contributed by atoms with Crippen molar-refractivity contribution >= 4 is 0 Å². The first kappa shape index (κ1) is 7.19. The lowest BCUT2D eigenvalue weighted by Gasteiger charge is -2.20. The van der Waals surface area contributed by atoms with Crippen molar-refractivity contribution in [1.82, 2.24) is 4.73 Å². The minimum absolute atomic E-state index is 0.112. The minimum atomic E-state index is -0.112. The molecule has 0 aromatic carbocycles. The van der Waals surface area contributed by atoms with E-state index in [1.165, 1.54) is 0 Å². The van der Waals surface area contributed by atoms with Crippen LogP contribution < -0.4 is 4.84 Å². The Morgan fingerprint density at radius 1 is 1.10 bits per heavy atom. The number of nitrogens with zero attached hydrogens (tertiary/aromatic N) is 1. The van der Waals surface area contributed by atoms with Crippen LogP contribution in [0.4, 0.5) is 0 Å². The highest BCUT2D eigenvalue weighted by molar-refractivity contribution is 4.88. The predicted octanol–water partition coefficient (Wildman–Crippen LogP) is 1.72. The Labute approximate surface area is 61.4 Å². The fraction of sp³-hybridized carbons (Fsp3) is 0.500. The Morgan fingerprint density at radius 2 is 1.60 bits per heavy atom. The lowest BCUT2D eigenvalue weighted by Crippen LogP contribution is -2.30. The van der Waals surface area contributed by atoms with Crippen molar-refractivity contribution in [2.75, 3.05) is 0 Å². The summed E-state index contributed by atoms with van der Waals surface area (Å²) < 4.78 is 1.71. The molecule has 0 aliphatic heterocycles. The van der Waals surface area contributed by atoms with E-state index in [-0.39, 0.29) is 5.60 Å². The minimum Gasteiger partial charge on any atom is -0.409 e. The molecule has 0 bridgehead atoms. The normalized spacial score (nSPS) is 11.5. The van der Waals surface area contributed by atoms with Crippen molar-refractivity contribution in [2.45, 2.75) is 26.4 Å². The van der Waals surface area contributed by atoms with Crippen LogP contribution in [0.5, 0.6) is 0 Å². The molecule has 0 saturated carbocycles. The number of rotatable bonds is 1. The van der Waals surface area contributed by atoms with E-state index < -0.39 is 0 Å². The second kappa shape index (κ2) is 2.37. The van der Waals surface area contributed by atoms with Crippen LogP contribution in [0.15, 0.2) is 24.5 Å². The van der Waals surface area contributed by atoms with Crippen LogP contribution in [0, 0.1) is 0 Å². The maximum Gasteiger partial charge on any atom is 0.127 e. The molecule has 0 N–H and O–H groups in total. The van der Waals surface area contributed by atoms with E-state index in [0.29, 0.717) is 0 Å². The summed E-state index contributed by atoms with van der Waals surface area (Å²) in [6.07, 6.45) is 3.76. The molecule has 0 aliphatic carbocycles. The average Bonchev–Trinajstić information content (AvgIpc) is 2.12. The molecule has 0 radical (unpaired) electrons. The van der Waals surface area contributed by atoms with Gasteiger partial charge in [-0.25, -0.2) is 0 Å². The van der Waals surface area contributed by atoms with Crippen molar-refractivity contribution in [2.24, 2.45) is 0 Å². The summed E-state index contributed by atoms with van der Waals surface area (Å²) in [7, 11) is 0. The summed E-state index contributed by atoms with van der Waals surface area (Å²) >= 11 is 0. The number of hydrogen-bond acceptors (Lipinski definition) is 1. The van der Waals surface area contributed by atoms with Crippen molar-refractivity contribution < 1.29 is 4.84 Å². The van der Waals surface area contributed by atoms with Gasteiger partial charge in [0.1, 0.15) is 5.60 Å². The molecule has 10 heavy (non-hydrogen) atoms. The molecule has 1 aromatic heterocycles. The van der Waals surface area contributed by atoms with Crippen molar-refractivity contribution in [3.63, 3.8) is 0 Å². The van der Waals surface area contributed by atoms with Gasteiger partial charge in [0.2, 0.25) is 0 Å². The van der Waals surface area contributed by atoms with Gasteiger partial charge in [0.15, 0.2) is 0 Å². The molecule has 0 atom stereocenters. The Hall–Kier alpha value is -0.920. The molecule has 56 valence electrons. The van der Waals surface area contributed by atoms with E-state index in [2.05, 4.69) is 0 Å². The van der Waals surface area contributed by atoms with Gasteiger partial charge in [0.25, 0.3) is 0 Å². The van der Waals surface area contributed by atoms with Gasteiger partial charge >= 0.3 is 0 Å². The third kappa shape index (κ3) is 2.13. The van der Waals surface area contributed by atoms with E-state index in [1.54, 1.807) is 4.73 Å². The Morgan fingerprint density at radius 3 is 2.00 bits per heavy atom. The zero-order chi connectivity index (χ0) is 7.61. The van der Waals surface area contributed by atoms with Gasteiger partial charge in [-0.1, -0.05) is 0 Å². The fourth-order valence-corrected chi connectivity index (χ4v) is 0.696. The summed E-state index contributed by atoms with van der Waals surface area (Å²) in [4.78, 5) is 5.46. The molecule has 0 unspecified atom stereocenters. The molecule has 0 fully saturated rings. The molecule has 1 heterocycles. The van der Waals surface area contributed by atoms with Crippen molar-refractivity contribution in [1.29, 1.82) is 0 Å². The van der Waals surface area contributed by atoms with Gasteiger partial charge in [-0.05, 0) is 32.9 Å². The summed E-state index contributed by atoms with van der Waals surface area (Å²) in [6.45, 7) is 6.06. The lowest BCUT2D eigenvalue weighted by atomic mass is 10.2. The molecule has 0 spiro atoms. The summed E-state index contributed by atoms with van der Waals surface area (Å²) in [6, 6.07) is 3.87. The van der Waals surface area contributed by atoms with Crippen LogP contribution >= 0.6 is 0 Å². The average molecular weight is 139 g/mol. The zero-order valence-corrected chi connectivity index (χ0v) is 6.66. The van der Waals surface area contributed by atoms with E-state index in [0.717, 1.165) is 0 Å². The van der Waals surface area contributed by atoms with Crippen LogP contribution in [0.3, 0.4) is 0 Å². The highest BCUT2D eigenvalue weighted by Crippen LogP contribution is 2.02. The first-order valence-electron chi connectivity index (χ1n) is 3.40. The molecule has 2 heteroatoms. The lowest BCUT2D eigenvalue weighted by molar-refractivity contribution is -0.0145. The van der Waals surface area contributed by atoms with Crippen molar-refractivity contribution in [3.05, 3.63) is 24.5 Å². The Bertz CT molecular complexity index is 184. The second-order valence-electron chi connectivity index (χ2n) is 3.25. The van der Waals surface area contributed by atoms with Gasteiger partial charge < -0.3 is 4.84 Å². The molecular formula is C8H13NO. The standard InChI is InChI=1S/C8H13NO/c1-8(2,3)10-9-6-4-5-7-9/h4-7H,1-3H3. The first-order chi connectivity index (χ1) is 4.58. The number of hydrogen-bond donors (Lipinski definition) is 0. The predicted molar refractivity (Wildman–Crippen MR) is 40.8 cm³/mol. The van der Waals surface area contributed by atoms with Crippen LogP contribution in [-0.4, -0.2) is 10.3 Å². The second-order valence-corrected chi connectivity index (χ2v) is 3.25. The van der Waals surface area contributed by atoms with Crippen LogP contribution in [0.25, 0.3) is 0 Å². The fourth-order valence-electron chi connectivity index (χ4n) is 0.696. The van der Waals surface area contributed by atoms with Crippen molar-refractivity contribution in [3.8, 4) is 0 Å². The zero-order valence-electron chi connectivity index (χ0n) is 6.66. The molecule has 0 amide bonds. The molecule has 1 rings (SSSR count). The van der Waals surface area contributed by atoms with E-state index in [9.17, 15) is 0 Å². The maximum atomic E-state index is 5.46. The maximum absolute atomic E-state index is 5.46. The molecular weight excluding hydrogens is 126 g/mol. The smallest absolute Gasteiger partial charge is 0.127 e. The summed E-state index contributed by atoms with van der Waals surface area (Å²) in [5, 5.41) is 0. The van der Waals surface area contributed by atoms with Gasteiger partial charge in [0.05, 0.1) is 0 Å². The Balaban J connectivity index is 2.57. The SMILES string of the molecule is CC(C)(C)On1cccc1. The van der Waals surface area contributed by atoms with E-state index in [4.69, 9.17) is 4.84 Å². The monoisotopic (exact) mass is 139 g/mol. The molecule has 2 nitrogen and oxygen atoms in total. The number of aromatic nitrogens is 1. The van der Waals surface area contributed by atoms with Crippen LogP contribution in [0.2, 0.25) is 0 Å². The largest absolute Gasteiger partial charge is 0.409 e. The highest BCUT2D eigenvalue weighted by atomic mass is 16.7. The molecule has 1 aromatic rings. The van der Waals surface area contributed by atoms with Crippen LogP contribution in [0.1, 0.15) is 20.8 Å². The van der Waals surface area contributed by atoms with E-state index >= 15 is 0 Å². The van der Waals surface area contributed by atoms with Gasteiger partial charge in [-0.2, -0.15) is 4.73 Å². The molecule has 0 aliphatic rings. The van der Waals surface area contributed by atoms with Gasteiger partial charge in [-0.15, -0.1) is 0 Å². The van der Waals surface area contributed by atoms with E-state index in [1.807, 2.05) is 45.3 Å². The first-order valence-corrected chi connectivity index (χ1v) is 3.40. The third-order valence-electron chi connectivity index (χ3n) is 0.956. The summed E-state index contributed by atoms with van der Waals surface area (Å²) in [5.41, 5.74) is -0.112. The molecule has 0 saturated heterocycles. The quantitative estimate of drug-likeness (QED) is 0.577. The van der Waals surface area contributed by atoms with Gasteiger partial charge in [-0.3, -0.25) is 0 Å². The topological polar surface area (TPSA) is 14.2 Å². The van der Waals surface area contributed by atoms with Crippen LogP contribution in [-0.2, 0) is 0 Å². The third-order valence-corrected chi connectivity index (χ3v) is 0.956. The highest BCUT2D eigenvalue weighted by Gasteiger charge is 2.10.